The van der Waals surface area contributed by atoms with Gasteiger partial charge in [-0.1, -0.05) is 6.07 Å². The molecule has 0 bridgehead atoms. The van der Waals surface area contributed by atoms with Crippen molar-refractivity contribution in [2.75, 3.05) is 26.7 Å². The fourth-order valence-electron chi connectivity index (χ4n) is 2.53. The number of nitro groups is 1. The van der Waals surface area contributed by atoms with Gasteiger partial charge >= 0.3 is 0 Å². The molecule has 1 aliphatic heterocycles. The van der Waals surface area contributed by atoms with Crippen molar-refractivity contribution in [1.29, 1.82) is 0 Å². The zero-order chi connectivity index (χ0) is 15.2. The molecule has 0 saturated carbocycles. The Hall–Kier alpha value is -1.86. The zero-order valence-corrected chi connectivity index (χ0v) is 13.2. The van der Waals surface area contributed by atoms with Crippen LogP contribution in [0.2, 0.25) is 0 Å². The molecule has 7 nitrogen and oxygen atoms in total. The van der Waals surface area contributed by atoms with E-state index in [4.69, 9.17) is 4.74 Å². The Morgan fingerprint density at radius 1 is 1.55 bits per heavy atom. The van der Waals surface area contributed by atoms with Crippen LogP contribution < -0.4 is 10.1 Å². The first kappa shape index (κ1) is 18.2. The van der Waals surface area contributed by atoms with Crippen molar-refractivity contribution in [3.8, 4) is 5.75 Å². The number of halogens is 1. The largest absolute Gasteiger partial charge is 0.484 e. The SMILES string of the molecule is CNCC1CCCN1C(=O)COc1cccc([N+](=O)[O-])c1.Cl. The summed E-state index contributed by atoms with van der Waals surface area (Å²) in [5.74, 6) is 0.251. The molecule has 122 valence electrons. The molecule has 1 atom stereocenters. The molecule has 1 heterocycles. The van der Waals surface area contributed by atoms with Crippen LogP contribution in [0.3, 0.4) is 0 Å². The molecule has 1 aromatic rings. The summed E-state index contributed by atoms with van der Waals surface area (Å²) in [5.41, 5.74) is -0.0471. The van der Waals surface area contributed by atoms with Crippen LogP contribution in [-0.2, 0) is 4.79 Å². The summed E-state index contributed by atoms with van der Waals surface area (Å²) in [6.07, 6.45) is 1.98. The smallest absolute Gasteiger partial charge is 0.273 e. The van der Waals surface area contributed by atoms with Gasteiger partial charge in [0.05, 0.1) is 11.0 Å². The maximum absolute atomic E-state index is 12.2. The second-order valence-corrected chi connectivity index (χ2v) is 4.98. The number of rotatable bonds is 6. The quantitative estimate of drug-likeness (QED) is 0.633. The summed E-state index contributed by atoms with van der Waals surface area (Å²) in [6.45, 7) is 1.41. The van der Waals surface area contributed by atoms with Gasteiger partial charge in [-0.05, 0) is 26.0 Å². The minimum atomic E-state index is -0.488. The topological polar surface area (TPSA) is 84.7 Å². The molecule has 1 N–H and O–H groups in total. The summed E-state index contributed by atoms with van der Waals surface area (Å²) in [4.78, 5) is 24.2. The molecular formula is C14H20ClN3O4. The van der Waals surface area contributed by atoms with E-state index in [1.165, 1.54) is 18.2 Å². The Bertz CT molecular complexity index is 527. The first-order valence-electron chi connectivity index (χ1n) is 6.93. The highest BCUT2D eigenvalue weighted by atomic mass is 35.5. The van der Waals surface area contributed by atoms with E-state index < -0.39 is 4.92 Å². The van der Waals surface area contributed by atoms with E-state index >= 15 is 0 Å². The molecule has 22 heavy (non-hydrogen) atoms. The predicted molar refractivity (Wildman–Crippen MR) is 84.5 cm³/mol. The summed E-state index contributed by atoms with van der Waals surface area (Å²) in [5, 5.41) is 13.8. The second-order valence-electron chi connectivity index (χ2n) is 4.98. The van der Waals surface area contributed by atoms with E-state index in [1.807, 2.05) is 11.9 Å². The van der Waals surface area contributed by atoms with Crippen molar-refractivity contribution in [2.45, 2.75) is 18.9 Å². The van der Waals surface area contributed by atoms with Gasteiger partial charge in [0.2, 0.25) is 0 Å². The maximum Gasteiger partial charge on any atom is 0.273 e. The molecule has 1 unspecified atom stereocenters. The highest BCUT2D eigenvalue weighted by Crippen LogP contribution is 2.20. The van der Waals surface area contributed by atoms with E-state index in [0.717, 1.165) is 25.9 Å². The number of amides is 1. The highest BCUT2D eigenvalue weighted by molar-refractivity contribution is 5.85. The molecule has 2 rings (SSSR count). The van der Waals surface area contributed by atoms with Crippen LogP contribution in [0, 0.1) is 10.1 Å². The lowest BCUT2D eigenvalue weighted by Crippen LogP contribution is -2.43. The summed E-state index contributed by atoms with van der Waals surface area (Å²) in [7, 11) is 1.86. The minimum absolute atomic E-state index is 0. The Labute approximate surface area is 135 Å². The number of benzene rings is 1. The molecule has 1 aromatic carbocycles. The van der Waals surface area contributed by atoms with Crippen molar-refractivity contribution >= 4 is 24.0 Å². The van der Waals surface area contributed by atoms with Crippen LogP contribution >= 0.6 is 12.4 Å². The third-order valence-corrected chi connectivity index (χ3v) is 3.53. The van der Waals surface area contributed by atoms with Crippen LogP contribution in [0.15, 0.2) is 24.3 Å². The van der Waals surface area contributed by atoms with E-state index in [0.29, 0.717) is 5.75 Å². The fraction of sp³-hybridized carbons (Fsp3) is 0.500. The average molecular weight is 330 g/mol. The van der Waals surface area contributed by atoms with Crippen molar-refractivity contribution in [1.82, 2.24) is 10.2 Å². The molecule has 8 heteroatoms. The number of carbonyl (C=O) groups excluding carboxylic acids is 1. The predicted octanol–water partition coefficient (Wildman–Crippen LogP) is 1.61. The Morgan fingerprint density at radius 2 is 2.32 bits per heavy atom. The minimum Gasteiger partial charge on any atom is -0.484 e. The van der Waals surface area contributed by atoms with Crippen LogP contribution in [0.25, 0.3) is 0 Å². The van der Waals surface area contributed by atoms with Gasteiger partial charge in [0.1, 0.15) is 5.75 Å². The monoisotopic (exact) mass is 329 g/mol. The molecule has 0 aromatic heterocycles. The number of nitrogens with zero attached hydrogens (tertiary/aromatic N) is 2. The number of ether oxygens (including phenoxy) is 1. The van der Waals surface area contributed by atoms with Crippen LogP contribution in [0.1, 0.15) is 12.8 Å². The van der Waals surface area contributed by atoms with E-state index in [-0.39, 0.29) is 36.7 Å². The molecule has 0 radical (unpaired) electrons. The lowest BCUT2D eigenvalue weighted by Gasteiger charge is -2.24. The maximum atomic E-state index is 12.2. The van der Waals surface area contributed by atoms with Gasteiger partial charge in [0.15, 0.2) is 6.61 Å². The van der Waals surface area contributed by atoms with Crippen molar-refractivity contribution < 1.29 is 14.5 Å². The number of nitro benzene ring substituents is 1. The number of carbonyl (C=O) groups is 1. The summed E-state index contributed by atoms with van der Waals surface area (Å²) in [6, 6.07) is 6.06. The van der Waals surface area contributed by atoms with Crippen molar-refractivity contribution in [2.24, 2.45) is 0 Å². The number of non-ortho nitro benzene ring substituents is 1. The first-order chi connectivity index (χ1) is 10.1. The van der Waals surface area contributed by atoms with Crippen LogP contribution in [0.4, 0.5) is 5.69 Å². The van der Waals surface area contributed by atoms with Gasteiger partial charge in [0, 0.05) is 25.2 Å². The van der Waals surface area contributed by atoms with Gasteiger partial charge in [-0.2, -0.15) is 0 Å². The normalized spacial score (nSPS) is 17.0. The molecular weight excluding hydrogens is 310 g/mol. The molecule has 0 spiro atoms. The average Bonchev–Trinajstić information content (AvgIpc) is 2.94. The van der Waals surface area contributed by atoms with Crippen molar-refractivity contribution in [3.05, 3.63) is 34.4 Å². The summed E-state index contributed by atoms with van der Waals surface area (Å²) >= 11 is 0. The van der Waals surface area contributed by atoms with E-state index in [1.54, 1.807) is 6.07 Å². The number of hydrogen-bond acceptors (Lipinski definition) is 5. The summed E-state index contributed by atoms with van der Waals surface area (Å²) < 4.78 is 5.38. The highest BCUT2D eigenvalue weighted by Gasteiger charge is 2.28. The van der Waals surface area contributed by atoms with E-state index in [2.05, 4.69) is 5.32 Å². The third-order valence-electron chi connectivity index (χ3n) is 3.53. The van der Waals surface area contributed by atoms with Gasteiger partial charge in [0.25, 0.3) is 11.6 Å². The first-order valence-corrected chi connectivity index (χ1v) is 6.93. The zero-order valence-electron chi connectivity index (χ0n) is 12.4. The number of likely N-dealkylation sites (N-methyl/N-ethyl adjacent to an activating group) is 1. The van der Waals surface area contributed by atoms with Crippen LogP contribution in [0.5, 0.6) is 5.75 Å². The number of hydrogen-bond donors (Lipinski definition) is 1. The van der Waals surface area contributed by atoms with Crippen molar-refractivity contribution in [3.63, 3.8) is 0 Å². The molecule has 1 saturated heterocycles. The number of nitrogens with one attached hydrogen (secondary N) is 1. The Morgan fingerprint density at radius 3 is 3.00 bits per heavy atom. The second kappa shape index (κ2) is 8.55. The van der Waals surface area contributed by atoms with Crippen LogP contribution in [-0.4, -0.2) is 48.5 Å². The molecule has 1 amide bonds. The number of likely N-dealkylation sites (tertiary alicyclic amines) is 1. The third kappa shape index (κ3) is 4.57. The lowest BCUT2D eigenvalue weighted by atomic mass is 10.2. The Balaban J connectivity index is 0.00000242. The van der Waals surface area contributed by atoms with Gasteiger partial charge in [-0.3, -0.25) is 14.9 Å². The standard InChI is InChI=1S/C14H19N3O4.ClH/c1-15-9-12-5-3-7-16(12)14(18)10-21-13-6-2-4-11(8-13)17(19)20;/h2,4,6,8,12,15H,3,5,7,9-10H2,1H3;1H. The molecule has 0 aliphatic carbocycles. The molecule has 1 aliphatic rings. The van der Waals surface area contributed by atoms with Gasteiger partial charge in [-0.15, -0.1) is 12.4 Å². The van der Waals surface area contributed by atoms with Gasteiger partial charge in [-0.25, -0.2) is 0 Å². The Kier molecular flexibility index (Phi) is 7.07. The lowest BCUT2D eigenvalue weighted by molar-refractivity contribution is -0.384. The molecule has 1 fully saturated rings. The van der Waals surface area contributed by atoms with Gasteiger partial charge < -0.3 is 15.0 Å². The van der Waals surface area contributed by atoms with E-state index in [9.17, 15) is 14.9 Å². The fourth-order valence-corrected chi connectivity index (χ4v) is 2.53.